The predicted octanol–water partition coefficient (Wildman–Crippen LogP) is 2.40. The van der Waals surface area contributed by atoms with Crippen molar-refractivity contribution < 1.29 is 0 Å². The maximum Gasteiger partial charge on any atom is 0.253 e. The van der Waals surface area contributed by atoms with E-state index in [-0.39, 0.29) is 11.4 Å². The van der Waals surface area contributed by atoms with E-state index in [4.69, 9.17) is 11.5 Å². The van der Waals surface area contributed by atoms with Crippen molar-refractivity contribution in [3.8, 4) is 0 Å². The fraction of sp³-hybridized carbons (Fsp3) is 0. The van der Waals surface area contributed by atoms with Gasteiger partial charge in [0.2, 0.25) is 0 Å². The van der Waals surface area contributed by atoms with Gasteiger partial charge in [-0.2, -0.15) is 0 Å². The van der Waals surface area contributed by atoms with Gasteiger partial charge in [-0.25, -0.2) is 4.98 Å². The second-order valence-electron chi connectivity index (χ2n) is 4.28. The molecule has 3 aromatic rings. The Morgan fingerprint density at radius 3 is 2.81 bits per heavy atom. The van der Waals surface area contributed by atoms with Gasteiger partial charge in [0.15, 0.2) is 5.16 Å². The zero-order valence-electron chi connectivity index (χ0n) is 10.6. The smallest absolute Gasteiger partial charge is 0.253 e. The van der Waals surface area contributed by atoms with Crippen molar-refractivity contribution in [3.05, 3.63) is 45.3 Å². The molecule has 0 atom stereocenters. The number of rotatable bonds is 2. The molecule has 106 valence electrons. The quantitative estimate of drug-likeness (QED) is 0.476. The fourth-order valence-corrected chi connectivity index (χ4v) is 3.12. The van der Waals surface area contributed by atoms with Crippen molar-refractivity contribution in [2.45, 2.75) is 10.1 Å². The number of hydrogen-bond donors (Lipinski definition) is 3. The zero-order chi connectivity index (χ0) is 15.0. The number of pyridine rings is 1. The number of H-pyrrole nitrogens is 1. The van der Waals surface area contributed by atoms with Crippen molar-refractivity contribution >= 4 is 50.1 Å². The Morgan fingerprint density at radius 1 is 1.24 bits per heavy atom. The number of nitrogens with zero attached hydrogens (tertiary/aromatic N) is 2. The third-order valence-corrected chi connectivity index (χ3v) is 4.13. The Bertz CT molecular complexity index is 895. The summed E-state index contributed by atoms with van der Waals surface area (Å²) < 4.78 is 0.847. The molecule has 5 N–H and O–H groups in total. The lowest BCUT2D eigenvalue weighted by Crippen LogP contribution is -2.09. The maximum absolute atomic E-state index is 11.4. The van der Waals surface area contributed by atoms with E-state index in [2.05, 4.69) is 30.9 Å². The van der Waals surface area contributed by atoms with Gasteiger partial charge < -0.3 is 16.5 Å². The molecule has 0 fully saturated rings. The van der Waals surface area contributed by atoms with Gasteiger partial charge in [0.1, 0.15) is 5.82 Å². The standard InChI is InChI=1S/C13H10BrN5OS/c14-6-3-7-8(15)1-2-9(12(7)17-5-6)21-13-18-10(16)4-11(20)19-13/h1-5H,15H2,(H3,16,18,19,20). The molecule has 0 radical (unpaired) electrons. The highest BCUT2D eigenvalue weighted by Crippen LogP contribution is 2.34. The molecule has 21 heavy (non-hydrogen) atoms. The number of nitrogens with two attached hydrogens (primary N) is 2. The van der Waals surface area contributed by atoms with Crippen molar-refractivity contribution in [1.29, 1.82) is 0 Å². The summed E-state index contributed by atoms with van der Waals surface area (Å²) in [6.45, 7) is 0. The summed E-state index contributed by atoms with van der Waals surface area (Å²) in [5, 5.41) is 1.25. The first kappa shape index (κ1) is 13.9. The van der Waals surface area contributed by atoms with Gasteiger partial charge in [-0.15, -0.1) is 0 Å². The molecule has 0 aliphatic carbocycles. The monoisotopic (exact) mass is 363 g/mol. The summed E-state index contributed by atoms with van der Waals surface area (Å²) in [4.78, 5) is 23.4. The molecule has 6 nitrogen and oxygen atoms in total. The summed E-state index contributed by atoms with van der Waals surface area (Å²) in [5.41, 5.74) is 12.6. The molecule has 0 aliphatic rings. The van der Waals surface area contributed by atoms with E-state index in [1.165, 1.54) is 17.8 Å². The lowest BCUT2D eigenvalue weighted by atomic mass is 10.2. The molecule has 0 amide bonds. The van der Waals surface area contributed by atoms with Gasteiger partial charge in [-0.1, -0.05) is 0 Å². The molecule has 0 unspecified atom stereocenters. The largest absolute Gasteiger partial charge is 0.398 e. The number of anilines is 2. The van der Waals surface area contributed by atoms with Crippen LogP contribution in [0.2, 0.25) is 0 Å². The van der Waals surface area contributed by atoms with E-state index in [1.54, 1.807) is 12.3 Å². The highest BCUT2D eigenvalue weighted by Gasteiger charge is 2.09. The first-order chi connectivity index (χ1) is 10.0. The summed E-state index contributed by atoms with van der Waals surface area (Å²) in [6.07, 6.45) is 1.70. The SMILES string of the molecule is Nc1cc(=O)[nH]c(Sc2ccc(N)c3cc(Br)cnc23)n1. The number of benzene rings is 1. The number of aromatic amines is 1. The van der Waals surface area contributed by atoms with Crippen molar-refractivity contribution in [1.82, 2.24) is 15.0 Å². The molecule has 0 saturated heterocycles. The van der Waals surface area contributed by atoms with Crippen LogP contribution in [0, 0.1) is 0 Å². The van der Waals surface area contributed by atoms with Crippen LogP contribution in [0.25, 0.3) is 10.9 Å². The minimum atomic E-state index is -0.291. The number of aromatic nitrogens is 3. The number of nitrogen functional groups attached to an aromatic ring is 2. The highest BCUT2D eigenvalue weighted by atomic mass is 79.9. The van der Waals surface area contributed by atoms with E-state index in [9.17, 15) is 4.79 Å². The van der Waals surface area contributed by atoms with Gasteiger partial charge in [-0.3, -0.25) is 9.78 Å². The summed E-state index contributed by atoms with van der Waals surface area (Å²) >= 11 is 4.66. The molecule has 2 heterocycles. The number of fused-ring (bicyclic) bond motifs is 1. The van der Waals surface area contributed by atoms with Crippen LogP contribution in [-0.2, 0) is 0 Å². The van der Waals surface area contributed by atoms with Crippen LogP contribution in [0.4, 0.5) is 11.5 Å². The van der Waals surface area contributed by atoms with Crippen LogP contribution in [0.15, 0.2) is 49.8 Å². The molecular formula is C13H10BrN5OS. The van der Waals surface area contributed by atoms with Gasteiger partial charge in [-0.05, 0) is 45.9 Å². The van der Waals surface area contributed by atoms with Crippen molar-refractivity contribution in [3.63, 3.8) is 0 Å². The third-order valence-electron chi connectivity index (χ3n) is 2.76. The van der Waals surface area contributed by atoms with E-state index in [0.717, 1.165) is 20.3 Å². The Labute approximate surface area is 132 Å². The van der Waals surface area contributed by atoms with E-state index < -0.39 is 0 Å². The van der Waals surface area contributed by atoms with Crippen LogP contribution >= 0.6 is 27.7 Å². The van der Waals surface area contributed by atoms with Crippen LogP contribution in [-0.4, -0.2) is 15.0 Å². The molecule has 2 aromatic heterocycles. The van der Waals surface area contributed by atoms with E-state index >= 15 is 0 Å². The highest BCUT2D eigenvalue weighted by molar-refractivity contribution is 9.10. The van der Waals surface area contributed by atoms with E-state index in [0.29, 0.717) is 10.8 Å². The van der Waals surface area contributed by atoms with Gasteiger partial charge in [0.25, 0.3) is 5.56 Å². The summed E-state index contributed by atoms with van der Waals surface area (Å²) in [7, 11) is 0. The number of nitrogens with one attached hydrogen (secondary N) is 1. The molecule has 1 aromatic carbocycles. The van der Waals surface area contributed by atoms with Crippen molar-refractivity contribution in [2.24, 2.45) is 0 Å². The van der Waals surface area contributed by atoms with Crippen LogP contribution in [0.5, 0.6) is 0 Å². The minimum Gasteiger partial charge on any atom is -0.398 e. The topological polar surface area (TPSA) is 111 Å². The van der Waals surface area contributed by atoms with Gasteiger partial charge in [0, 0.05) is 32.7 Å². The second-order valence-corrected chi connectivity index (χ2v) is 6.23. The average molecular weight is 364 g/mol. The first-order valence-electron chi connectivity index (χ1n) is 5.91. The summed E-state index contributed by atoms with van der Waals surface area (Å²) in [6, 6.07) is 6.77. The second kappa shape index (κ2) is 5.38. The lowest BCUT2D eigenvalue weighted by Gasteiger charge is -2.08. The van der Waals surface area contributed by atoms with Gasteiger partial charge >= 0.3 is 0 Å². The Kier molecular flexibility index (Phi) is 3.56. The normalized spacial score (nSPS) is 10.9. The molecule has 0 saturated carbocycles. The van der Waals surface area contributed by atoms with E-state index in [1.807, 2.05) is 12.1 Å². The van der Waals surface area contributed by atoms with Crippen molar-refractivity contribution in [2.75, 3.05) is 11.5 Å². The Hall–Kier alpha value is -2.06. The molecular weight excluding hydrogens is 354 g/mol. The predicted molar refractivity (Wildman–Crippen MR) is 87.2 cm³/mol. The third kappa shape index (κ3) is 2.86. The van der Waals surface area contributed by atoms with Gasteiger partial charge in [0.05, 0.1) is 5.52 Å². The van der Waals surface area contributed by atoms with Crippen LogP contribution in [0.3, 0.4) is 0 Å². The number of hydrogen-bond acceptors (Lipinski definition) is 6. The molecule has 0 aliphatic heterocycles. The molecule has 3 rings (SSSR count). The summed E-state index contributed by atoms with van der Waals surface area (Å²) in [5.74, 6) is 0.178. The first-order valence-corrected chi connectivity index (χ1v) is 7.52. The van der Waals surface area contributed by atoms with Crippen LogP contribution < -0.4 is 17.0 Å². The Morgan fingerprint density at radius 2 is 2.05 bits per heavy atom. The zero-order valence-corrected chi connectivity index (χ0v) is 13.0. The average Bonchev–Trinajstić information content (AvgIpc) is 2.41. The molecule has 8 heteroatoms. The maximum atomic E-state index is 11.4. The number of halogens is 1. The molecule has 0 spiro atoms. The minimum absolute atomic E-state index is 0.178. The lowest BCUT2D eigenvalue weighted by molar-refractivity contribution is 0.946. The molecule has 0 bridgehead atoms. The Balaban J connectivity index is 2.13. The van der Waals surface area contributed by atoms with Crippen LogP contribution in [0.1, 0.15) is 0 Å². The fourth-order valence-electron chi connectivity index (χ4n) is 1.88.